The minimum absolute atomic E-state index is 0.0914. The van der Waals surface area contributed by atoms with Crippen LogP contribution >= 0.6 is 11.6 Å². The summed E-state index contributed by atoms with van der Waals surface area (Å²) in [6, 6.07) is 1.03. The maximum Gasteiger partial charge on any atom is 0.332 e. The number of carboxylic acids is 1. The van der Waals surface area contributed by atoms with E-state index >= 15 is 0 Å². The molecule has 0 spiro atoms. The summed E-state index contributed by atoms with van der Waals surface area (Å²) in [5, 5.41) is 30.3. The van der Waals surface area contributed by atoms with Crippen LogP contribution in [0, 0.1) is 10.1 Å². The molecule has 0 aliphatic heterocycles. The molecule has 1 rings (SSSR count). The molecule has 0 aromatic carbocycles. The number of aliphatic hydroxyl groups is 1. The van der Waals surface area contributed by atoms with E-state index in [1.807, 2.05) is 0 Å². The minimum atomic E-state index is -1.62. The Morgan fingerprint density at radius 3 is 2.75 bits per heavy atom. The van der Waals surface area contributed by atoms with Gasteiger partial charge in [-0.15, -0.1) is 0 Å². The molecule has 9 nitrogen and oxygen atoms in total. The monoisotopic (exact) mass is 303 g/mol. The number of carbonyl (C=O) groups excluding carboxylic acids is 1. The van der Waals surface area contributed by atoms with Crippen molar-refractivity contribution in [2.45, 2.75) is 12.5 Å². The van der Waals surface area contributed by atoms with E-state index in [2.05, 4.69) is 10.3 Å². The second-order valence-corrected chi connectivity index (χ2v) is 4.07. The van der Waals surface area contributed by atoms with Crippen molar-refractivity contribution < 1.29 is 24.7 Å². The molecule has 20 heavy (non-hydrogen) atoms. The molecule has 0 aliphatic rings. The van der Waals surface area contributed by atoms with E-state index in [-0.39, 0.29) is 23.7 Å². The number of aromatic nitrogens is 1. The van der Waals surface area contributed by atoms with E-state index in [9.17, 15) is 19.7 Å². The molecule has 10 heteroatoms. The smallest absolute Gasteiger partial charge is 0.332 e. The molecule has 108 valence electrons. The van der Waals surface area contributed by atoms with Crippen LogP contribution in [0.3, 0.4) is 0 Å². The van der Waals surface area contributed by atoms with Gasteiger partial charge in [0.2, 0.25) is 0 Å². The minimum Gasteiger partial charge on any atom is -0.479 e. The Morgan fingerprint density at radius 2 is 2.20 bits per heavy atom. The third-order valence-corrected chi connectivity index (χ3v) is 2.49. The predicted octanol–water partition coefficient (Wildman–Crippen LogP) is 0.209. The highest BCUT2D eigenvalue weighted by molar-refractivity contribution is 6.29. The Hall–Kier alpha value is -2.26. The van der Waals surface area contributed by atoms with Crippen LogP contribution in [0.15, 0.2) is 12.3 Å². The Kier molecular flexibility index (Phi) is 5.35. The number of amides is 1. The van der Waals surface area contributed by atoms with Gasteiger partial charge in [-0.05, 0) is 6.07 Å². The van der Waals surface area contributed by atoms with Crippen LogP contribution in [0.25, 0.3) is 0 Å². The third-order valence-electron chi connectivity index (χ3n) is 2.28. The first kappa shape index (κ1) is 15.8. The number of nitro groups is 1. The highest BCUT2D eigenvalue weighted by Crippen LogP contribution is 2.20. The largest absolute Gasteiger partial charge is 0.479 e. The summed E-state index contributed by atoms with van der Waals surface area (Å²) in [5.74, 6) is -2.23. The second-order valence-electron chi connectivity index (χ2n) is 3.68. The molecule has 0 aliphatic carbocycles. The number of aliphatic hydroxyl groups excluding tert-OH is 1. The third kappa shape index (κ3) is 4.14. The van der Waals surface area contributed by atoms with Crippen molar-refractivity contribution in [1.29, 1.82) is 0 Å². The number of hydrogen-bond acceptors (Lipinski definition) is 6. The van der Waals surface area contributed by atoms with Crippen LogP contribution in [0.5, 0.6) is 0 Å². The van der Waals surface area contributed by atoms with Crippen molar-refractivity contribution in [2.24, 2.45) is 0 Å². The number of hydrogen-bond donors (Lipinski definition) is 3. The van der Waals surface area contributed by atoms with Gasteiger partial charge in [0.05, 0.1) is 4.92 Å². The fourth-order valence-corrected chi connectivity index (χ4v) is 1.45. The molecular formula is C10H10ClN3O6. The SMILES string of the molecule is O=C(NCC[C@H](O)C(=O)O)c1cc(Cl)ncc1[N+](=O)[O-]. The van der Waals surface area contributed by atoms with E-state index in [1.165, 1.54) is 0 Å². The molecule has 0 bridgehead atoms. The van der Waals surface area contributed by atoms with Crippen molar-refractivity contribution >= 4 is 29.2 Å². The quantitative estimate of drug-likeness (QED) is 0.387. The van der Waals surface area contributed by atoms with Gasteiger partial charge in [0.1, 0.15) is 16.9 Å². The zero-order chi connectivity index (χ0) is 15.3. The second kappa shape index (κ2) is 6.78. The zero-order valence-electron chi connectivity index (χ0n) is 9.95. The first-order chi connectivity index (χ1) is 9.32. The number of nitrogens with zero attached hydrogens (tertiary/aromatic N) is 2. The molecule has 1 amide bonds. The zero-order valence-corrected chi connectivity index (χ0v) is 10.7. The lowest BCUT2D eigenvalue weighted by molar-refractivity contribution is -0.385. The molecule has 0 fully saturated rings. The van der Waals surface area contributed by atoms with Crippen LogP contribution in [0.4, 0.5) is 5.69 Å². The van der Waals surface area contributed by atoms with Gasteiger partial charge in [-0.25, -0.2) is 9.78 Å². The number of nitrogens with one attached hydrogen (secondary N) is 1. The van der Waals surface area contributed by atoms with Gasteiger partial charge in [0, 0.05) is 13.0 Å². The Bertz CT molecular complexity index is 550. The van der Waals surface area contributed by atoms with Crippen molar-refractivity contribution in [3.63, 3.8) is 0 Å². The first-order valence-corrected chi connectivity index (χ1v) is 5.69. The molecule has 1 aromatic rings. The normalized spacial score (nSPS) is 11.7. The van der Waals surface area contributed by atoms with Gasteiger partial charge in [-0.3, -0.25) is 14.9 Å². The van der Waals surface area contributed by atoms with Crippen LogP contribution in [0.1, 0.15) is 16.8 Å². The van der Waals surface area contributed by atoms with Gasteiger partial charge in [-0.1, -0.05) is 11.6 Å². The molecular weight excluding hydrogens is 294 g/mol. The van der Waals surface area contributed by atoms with Crippen LogP contribution < -0.4 is 5.32 Å². The fourth-order valence-electron chi connectivity index (χ4n) is 1.29. The number of carbonyl (C=O) groups is 2. The van der Waals surface area contributed by atoms with E-state index in [0.717, 1.165) is 12.3 Å². The lowest BCUT2D eigenvalue weighted by atomic mass is 10.2. The van der Waals surface area contributed by atoms with Crippen molar-refractivity contribution in [2.75, 3.05) is 6.54 Å². The highest BCUT2D eigenvalue weighted by atomic mass is 35.5. The van der Waals surface area contributed by atoms with Gasteiger partial charge < -0.3 is 15.5 Å². The number of halogens is 1. The molecule has 3 N–H and O–H groups in total. The van der Waals surface area contributed by atoms with Crippen LogP contribution in [-0.4, -0.2) is 44.6 Å². The van der Waals surface area contributed by atoms with Crippen molar-refractivity contribution in [1.82, 2.24) is 10.3 Å². The summed E-state index contributed by atoms with van der Waals surface area (Å²) < 4.78 is 0. The molecule has 0 radical (unpaired) electrons. The Labute approximate surface area is 117 Å². The summed E-state index contributed by atoms with van der Waals surface area (Å²) in [7, 11) is 0. The number of rotatable bonds is 6. The molecule has 0 saturated heterocycles. The molecule has 1 heterocycles. The standard InChI is InChI=1S/C10H10ClN3O6/c11-8-3-5(6(4-13-8)14(19)20)9(16)12-2-1-7(15)10(17)18/h3-4,7,15H,1-2H2,(H,12,16)(H,17,18)/t7-/m0/s1. The molecule has 1 aromatic heterocycles. The Morgan fingerprint density at radius 1 is 1.55 bits per heavy atom. The van der Waals surface area contributed by atoms with Crippen molar-refractivity contribution in [3.05, 3.63) is 33.1 Å². The fraction of sp³-hybridized carbons (Fsp3) is 0.300. The van der Waals surface area contributed by atoms with E-state index < -0.39 is 28.6 Å². The summed E-state index contributed by atoms with van der Waals surface area (Å²) in [6.07, 6.45) is -0.997. The first-order valence-electron chi connectivity index (χ1n) is 5.32. The average molecular weight is 304 g/mol. The molecule has 0 saturated carbocycles. The molecule has 0 unspecified atom stereocenters. The summed E-state index contributed by atoms with van der Waals surface area (Å²) in [6.45, 7) is -0.163. The van der Waals surface area contributed by atoms with E-state index in [4.69, 9.17) is 21.8 Å². The lowest BCUT2D eigenvalue weighted by Crippen LogP contribution is -2.30. The maximum atomic E-state index is 11.7. The van der Waals surface area contributed by atoms with Gasteiger partial charge >= 0.3 is 5.97 Å². The van der Waals surface area contributed by atoms with Gasteiger partial charge in [0.25, 0.3) is 11.6 Å². The summed E-state index contributed by atoms with van der Waals surface area (Å²) in [4.78, 5) is 35.5. The van der Waals surface area contributed by atoms with E-state index in [1.54, 1.807) is 0 Å². The highest BCUT2D eigenvalue weighted by Gasteiger charge is 2.21. The van der Waals surface area contributed by atoms with Crippen LogP contribution in [-0.2, 0) is 4.79 Å². The van der Waals surface area contributed by atoms with Crippen LogP contribution in [0.2, 0.25) is 5.15 Å². The maximum absolute atomic E-state index is 11.7. The van der Waals surface area contributed by atoms with Gasteiger partial charge in [0.15, 0.2) is 6.10 Å². The number of pyridine rings is 1. The topological polar surface area (TPSA) is 143 Å². The average Bonchev–Trinajstić information content (AvgIpc) is 2.37. The van der Waals surface area contributed by atoms with Crippen molar-refractivity contribution in [3.8, 4) is 0 Å². The predicted molar refractivity (Wildman–Crippen MR) is 66.5 cm³/mol. The number of carboxylic acid groups (broad SMARTS) is 1. The summed E-state index contributed by atoms with van der Waals surface area (Å²) >= 11 is 5.56. The molecule has 1 atom stereocenters. The van der Waals surface area contributed by atoms with E-state index in [0.29, 0.717) is 0 Å². The lowest BCUT2D eigenvalue weighted by Gasteiger charge is -2.07. The van der Waals surface area contributed by atoms with Gasteiger partial charge in [-0.2, -0.15) is 0 Å². The summed E-state index contributed by atoms with van der Waals surface area (Å²) in [5.41, 5.74) is -0.814. The Balaban J connectivity index is 2.75. The number of aliphatic carboxylic acids is 1.